The van der Waals surface area contributed by atoms with E-state index in [-0.39, 0.29) is 28.7 Å². The van der Waals surface area contributed by atoms with Crippen molar-refractivity contribution >= 4 is 38.7 Å². The van der Waals surface area contributed by atoms with Gasteiger partial charge in [0.15, 0.2) is 5.78 Å². The number of rotatable bonds is 8. The Bertz CT molecular complexity index is 905. The molecule has 2 rings (SSSR count). The van der Waals surface area contributed by atoms with E-state index in [1.807, 2.05) is 0 Å². The highest BCUT2D eigenvalue weighted by molar-refractivity contribution is 7.89. The number of sulfonamides is 1. The lowest BCUT2D eigenvalue weighted by Gasteiger charge is -2.15. The summed E-state index contributed by atoms with van der Waals surface area (Å²) in [5.74, 6) is -0.540. The Morgan fingerprint density at radius 3 is 2.65 bits per heavy atom. The van der Waals surface area contributed by atoms with E-state index >= 15 is 0 Å². The van der Waals surface area contributed by atoms with Crippen molar-refractivity contribution in [2.75, 3.05) is 32.6 Å². The molecule has 1 aromatic carbocycles. The molecular weight excluding hydrogens is 376 g/mol. The summed E-state index contributed by atoms with van der Waals surface area (Å²) in [5, 5.41) is 4.10. The summed E-state index contributed by atoms with van der Waals surface area (Å²) in [7, 11) is -0.724. The van der Waals surface area contributed by atoms with Gasteiger partial charge in [0.2, 0.25) is 10.0 Å². The quantitative estimate of drug-likeness (QED) is 0.692. The van der Waals surface area contributed by atoms with Gasteiger partial charge in [-0.2, -0.15) is 4.31 Å². The highest BCUT2D eigenvalue weighted by Gasteiger charge is 2.23. The van der Waals surface area contributed by atoms with Crippen LogP contribution in [0, 0.1) is 0 Å². The number of thiophene rings is 1. The minimum Gasteiger partial charge on any atom is -0.383 e. The van der Waals surface area contributed by atoms with Crippen LogP contribution in [0.4, 0.5) is 5.69 Å². The molecule has 0 aliphatic carbocycles. The molecule has 0 aliphatic rings. The second kappa shape index (κ2) is 8.54. The van der Waals surface area contributed by atoms with E-state index in [4.69, 9.17) is 4.74 Å². The number of nitrogens with zero attached hydrogens (tertiary/aromatic N) is 1. The fourth-order valence-electron chi connectivity index (χ4n) is 2.10. The van der Waals surface area contributed by atoms with Crippen LogP contribution in [0.2, 0.25) is 0 Å². The van der Waals surface area contributed by atoms with Gasteiger partial charge in [0.25, 0.3) is 5.91 Å². The molecule has 1 heterocycles. The van der Waals surface area contributed by atoms with E-state index in [9.17, 15) is 18.0 Å². The average molecular weight is 396 g/mol. The summed E-state index contributed by atoms with van der Waals surface area (Å²) in [6, 6.07) is 7.90. The standard InChI is InChI=1S/C17H20N2O5S2/c1-12(20)13-5-4-6-14(9-13)18-17(21)16-10-15(11-25-16)26(22,23)19(2)7-8-24-3/h4-6,9-11H,7-8H2,1-3H3,(H,18,21). The number of anilines is 1. The first-order chi connectivity index (χ1) is 12.3. The molecule has 0 fully saturated rings. The van der Waals surface area contributed by atoms with E-state index < -0.39 is 15.9 Å². The zero-order chi connectivity index (χ0) is 19.3. The highest BCUT2D eigenvalue weighted by atomic mass is 32.2. The molecule has 0 unspecified atom stereocenters. The third kappa shape index (κ3) is 4.76. The maximum absolute atomic E-state index is 12.5. The van der Waals surface area contributed by atoms with E-state index in [1.165, 1.54) is 36.8 Å². The molecule has 140 valence electrons. The van der Waals surface area contributed by atoms with Crippen molar-refractivity contribution < 1.29 is 22.7 Å². The first kappa shape index (κ1) is 20.2. The van der Waals surface area contributed by atoms with E-state index in [1.54, 1.807) is 24.3 Å². The predicted molar refractivity (Wildman–Crippen MR) is 100 cm³/mol. The van der Waals surface area contributed by atoms with Crippen LogP contribution in [0.1, 0.15) is 27.0 Å². The van der Waals surface area contributed by atoms with Gasteiger partial charge >= 0.3 is 0 Å². The number of amides is 1. The number of carbonyl (C=O) groups is 2. The maximum atomic E-state index is 12.5. The average Bonchev–Trinajstić information content (AvgIpc) is 3.10. The van der Waals surface area contributed by atoms with E-state index in [0.29, 0.717) is 11.3 Å². The second-order valence-corrected chi connectivity index (χ2v) is 8.51. The van der Waals surface area contributed by atoms with Gasteiger partial charge in [0.1, 0.15) is 0 Å². The zero-order valence-corrected chi connectivity index (χ0v) is 16.3. The largest absolute Gasteiger partial charge is 0.383 e. The van der Waals surface area contributed by atoms with Gasteiger partial charge in [0, 0.05) is 37.3 Å². The molecule has 1 amide bonds. The number of likely N-dealkylation sites (N-methyl/N-ethyl adjacent to an activating group) is 1. The number of hydrogen-bond acceptors (Lipinski definition) is 6. The Morgan fingerprint density at radius 1 is 1.27 bits per heavy atom. The van der Waals surface area contributed by atoms with E-state index in [2.05, 4.69) is 5.32 Å². The van der Waals surface area contributed by atoms with Gasteiger partial charge < -0.3 is 10.1 Å². The van der Waals surface area contributed by atoms with Crippen molar-refractivity contribution in [3.05, 3.63) is 46.2 Å². The molecule has 2 aromatic rings. The molecule has 1 aromatic heterocycles. The van der Waals surface area contributed by atoms with Crippen LogP contribution in [0.15, 0.2) is 40.6 Å². The summed E-state index contributed by atoms with van der Waals surface area (Å²) in [4.78, 5) is 24.1. The van der Waals surface area contributed by atoms with Crippen LogP contribution in [0.3, 0.4) is 0 Å². The van der Waals surface area contributed by atoms with Crippen molar-refractivity contribution in [3.63, 3.8) is 0 Å². The third-order valence-electron chi connectivity index (χ3n) is 3.64. The lowest BCUT2D eigenvalue weighted by molar-refractivity contribution is 0.101. The molecule has 1 N–H and O–H groups in total. The second-order valence-electron chi connectivity index (χ2n) is 5.56. The number of Topliss-reactive ketones (excluding diaryl/α,β-unsaturated/α-hetero) is 1. The molecule has 0 radical (unpaired) electrons. The molecule has 0 aliphatic heterocycles. The summed E-state index contributed by atoms with van der Waals surface area (Å²) >= 11 is 1.04. The fourth-order valence-corrected chi connectivity index (χ4v) is 4.41. The van der Waals surface area contributed by atoms with Crippen LogP contribution >= 0.6 is 11.3 Å². The molecule has 26 heavy (non-hydrogen) atoms. The van der Waals surface area contributed by atoms with Gasteiger partial charge in [-0.1, -0.05) is 12.1 Å². The number of ketones is 1. The lowest BCUT2D eigenvalue weighted by Crippen LogP contribution is -2.29. The van der Waals surface area contributed by atoms with Crippen molar-refractivity contribution in [3.8, 4) is 0 Å². The Kier molecular flexibility index (Phi) is 6.65. The number of carbonyl (C=O) groups excluding carboxylic acids is 2. The van der Waals surface area contributed by atoms with Crippen LogP contribution in [-0.2, 0) is 14.8 Å². The van der Waals surface area contributed by atoms with Crippen molar-refractivity contribution in [2.45, 2.75) is 11.8 Å². The van der Waals surface area contributed by atoms with Gasteiger partial charge in [-0.05, 0) is 25.1 Å². The summed E-state index contributed by atoms with van der Waals surface area (Å²) in [5.41, 5.74) is 0.953. The van der Waals surface area contributed by atoms with Crippen LogP contribution < -0.4 is 5.32 Å². The third-order valence-corrected chi connectivity index (χ3v) is 6.56. The van der Waals surface area contributed by atoms with Crippen LogP contribution in [-0.4, -0.2) is 51.7 Å². The summed E-state index contributed by atoms with van der Waals surface area (Å²) < 4.78 is 31.0. The van der Waals surface area contributed by atoms with Crippen LogP contribution in [0.25, 0.3) is 0 Å². The van der Waals surface area contributed by atoms with Crippen molar-refractivity contribution in [2.24, 2.45) is 0 Å². The molecular formula is C17H20N2O5S2. The van der Waals surface area contributed by atoms with Gasteiger partial charge in [-0.3, -0.25) is 9.59 Å². The van der Waals surface area contributed by atoms with E-state index in [0.717, 1.165) is 11.3 Å². The Balaban J connectivity index is 2.15. The van der Waals surface area contributed by atoms with Crippen LogP contribution in [0.5, 0.6) is 0 Å². The normalized spacial score (nSPS) is 11.5. The molecule has 9 heteroatoms. The molecule has 0 saturated carbocycles. The fraction of sp³-hybridized carbons (Fsp3) is 0.294. The zero-order valence-electron chi connectivity index (χ0n) is 14.7. The Hall–Kier alpha value is -2.07. The predicted octanol–water partition coefficient (Wildman–Crippen LogP) is 2.47. The number of ether oxygens (including phenoxy) is 1. The highest BCUT2D eigenvalue weighted by Crippen LogP contribution is 2.23. The molecule has 0 bridgehead atoms. The summed E-state index contributed by atoms with van der Waals surface area (Å²) in [6.07, 6.45) is 0. The smallest absolute Gasteiger partial charge is 0.265 e. The molecule has 0 atom stereocenters. The van der Waals surface area contributed by atoms with Crippen molar-refractivity contribution in [1.29, 1.82) is 0 Å². The monoisotopic (exact) mass is 396 g/mol. The topological polar surface area (TPSA) is 92.8 Å². The maximum Gasteiger partial charge on any atom is 0.265 e. The molecule has 7 nitrogen and oxygen atoms in total. The van der Waals surface area contributed by atoms with Gasteiger partial charge in [-0.15, -0.1) is 11.3 Å². The molecule has 0 saturated heterocycles. The van der Waals surface area contributed by atoms with Gasteiger partial charge in [-0.25, -0.2) is 8.42 Å². The lowest BCUT2D eigenvalue weighted by atomic mass is 10.1. The first-order valence-electron chi connectivity index (χ1n) is 7.72. The summed E-state index contributed by atoms with van der Waals surface area (Å²) in [6.45, 7) is 1.94. The van der Waals surface area contributed by atoms with Gasteiger partial charge in [0.05, 0.1) is 16.4 Å². The first-order valence-corrected chi connectivity index (χ1v) is 10.0. The molecule has 0 spiro atoms. The number of nitrogens with one attached hydrogen (secondary N) is 1. The minimum absolute atomic E-state index is 0.0590. The van der Waals surface area contributed by atoms with Crippen molar-refractivity contribution in [1.82, 2.24) is 4.31 Å². The Morgan fingerprint density at radius 2 is 2.00 bits per heavy atom. The minimum atomic E-state index is -3.68. The number of hydrogen-bond donors (Lipinski definition) is 1. The number of benzene rings is 1. The SMILES string of the molecule is COCCN(C)S(=O)(=O)c1csc(C(=O)Nc2cccc(C(C)=O)c2)c1. The Labute approximate surface area is 156 Å². The number of methoxy groups -OCH3 is 1.